The number of carbonyl (C=O) groups is 3. The van der Waals surface area contributed by atoms with Crippen molar-refractivity contribution >= 4 is 23.7 Å². The van der Waals surface area contributed by atoms with Crippen LogP contribution in [0.3, 0.4) is 0 Å². The summed E-state index contributed by atoms with van der Waals surface area (Å²) < 4.78 is 0. The van der Waals surface area contributed by atoms with Gasteiger partial charge in [0.15, 0.2) is 0 Å². The fraction of sp³-hybridized carbons (Fsp3) is 0.294. The smallest absolute Gasteiger partial charge is 0.334 e. The molecule has 3 aromatic carbocycles. The average Bonchev–Trinajstić information content (AvgIpc) is 3.59. The molecular weight excluding hydrogens is 570 g/mol. The minimum atomic E-state index is -0.847. The van der Waals surface area contributed by atoms with Crippen molar-refractivity contribution in [1.82, 2.24) is 30.5 Å². The van der Waals surface area contributed by atoms with Crippen molar-refractivity contribution in [3.8, 4) is 5.75 Å². The number of hydrogen-bond acceptors (Lipinski definition) is 7. The van der Waals surface area contributed by atoms with E-state index in [0.717, 1.165) is 41.2 Å². The van der Waals surface area contributed by atoms with Crippen LogP contribution in [0.5, 0.6) is 5.75 Å². The standard InChI is InChI=1S/C34H37N7O4/c1-2-17-39-23-31(43)40-29(19-24-11-13-28(42)14-12-24)33(44)38(21-26-9-6-10-27(18-26)32-35-15-16-36-32)22-30(40)41(39)34(45)37-20-25-7-4-3-5-8-25/h2-14,18,29-30,42H,1,15-17,19-23H2,(H,35,36)(H,37,45)/t29-,30-/m0/s1. The Morgan fingerprint density at radius 2 is 1.80 bits per heavy atom. The summed E-state index contributed by atoms with van der Waals surface area (Å²) in [6, 6.07) is 22.9. The molecule has 3 aliphatic rings. The number of aromatic hydroxyl groups is 1. The molecule has 3 aliphatic heterocycles. The van der Waals surface area contributed by atoms with Crippen LogP contribution in [0.2, 0.25) is 0 Å². The summed E-state index contributed by atoms with van der Waals surface area (Å²) in [4.78, 5) is 49.8. The quantitative estimate of drug-likeness (QED) is 0.322. The molecule has 3 heterocycles. The summed E-state index contributed by atoms with van der Waals surface area (Å²) in [6.07, 6.45) is 1.15. The Morgan fingerprint density at radius 1 is 1.02 bits per heavy atom. The van der Waals surface area contributed by atoms with Crippen molar-refractivity contribution in [2.24, 2.45) is 4.99 Å². The number of carbonyl (C=O) groups excluding carboxylic acids is 3. The van der Waals surface area contributed by atoms with E-state index in [4.69, 9.17) is 0 Å². The van der Waals surface area contributed by atoms with E-state index in [0.29, 0.717) is 13.1 Å². The van der Waals surface area contributed by atoms with Gasteiger partial charge in [-0.1, -0.05) is 66.7 Å². The van der Waals surface area contributed by atoms with Crippen LogP contribution < -0.4 is 10.6 Å². The Kier molecular flexibility index (Phi) is 8.79. The molecule has 0 unspecified atom stereocenters. The van der Waals surface area contributed by atoms with Crippen molar-refractivity contribution in [3.05, 3.63) is 114 Å². The maximum atomic E-state index is 14.2. The second-order valence-electron chi connectivity index (χ2n) is 11.4. The van der Waals surface area contributed by atoms with Crippen molar-refractivity contribution in [2.45, 2.75) is 31.7 Å². The van der Waals surface area contributed by atoms with Crippen LogP contribution in [0.15, 0.2) is 96.5 Å². The van der Waals surface area contributed by atoms with Crippen LogP contribution in [-0.2, 0) is 29.1 Å². The molecule has 11 heteroatoms. The van der Waals surface area contributed by atoms with Gasteiger partial charge in [0.25, 0.3) is 0 Å². The van der Waals surface area contributed by atoms with Gasteiger partial charge in [0.05, 0.1) is 19.6 Å². The maximum absolute atomic E-state index is 14.2. The van der Waals surface area contributed by atoms with Crippen molar-refractivity contribution < 1.29 is 19.5 Å². The topological polar surface area (TPSA) is 121 Å². The van der Waals surface area contributed by atoms with Gasteiger partial charge in [-0.05, 0) is 34.9 Å². The SMILES string of the molecule is C=CCN1CC(=O)N2[C@@H](Cc3ccc(O)cc3)C(=O)N(Cc3cccc(C4=NCCN4)c3)C[C@@H]2N1C(=O)NCc1ccccc1. The molecule has 0 aromatic heterocycles. The Balaban J connectivity index is 1.33. The van der Waals surface area contributed by atoms with Gasteiger partial charge < -0.3 is 25.5 Å². The van der Waals surface area contributed by atoms with Crippen molar-refractivity contribution in [1.29, 1.82) is 0 Å². The number of nitrogens with one attached hydrogen (secondary N) is 2. The highest BCUT2D eigenvalue weighted by Gasteiger charge is 2.51. The van der Waals surface area contributed by atoms with Crippen molar-refractivity contribution in [3.63, 3.8) is 0 Å². The number of benzene rings is 3. The number of hydrogen-bond donors (Lipinski definition) is 3. The zero-order valence-electron chi connectivity index (χ0n) is 25.0. The fourth-order valence-corrected chi connectivity index (χ4v) is 6.18. The molecule has 2 saturated heterocycles. The van der Waals surface area contributed by atoms with E-state index in [2.05, 4.69) is 22.2 Å². The van der Waals surface area contributed by atoms with Gasteiger partial charge in [-0.2, -0.15) is 0 Å². The number of nitrogens with zero attached hydrogens (tertiary/aromatic N) is 5. The summed E-state index contributed by atoms with van der Waals surface area (Å²) in [5.74, 6) is 0.511. The number of phenolic OH excluding ortho intramolecular Hbond substituents is 1. The minimum Gasteiger partial charge on any atom is -0.508 e. The van der Waals surface area contributed by atoms with E-state index < -0.39 is 12.2 Å². The second kappa shape index (κ2) is 13.2. The zero-order valence-corrected chi connectivity index (χ0v) is 25.0. The first kappa shape index (κ1) is 29.9. The summed E-state index contributed by atoms with van der Waals surface area (Å²) in [5.41, 5.74) is 3.60. The van der Waals surface area contributed by atoms with Crippen LogP contribution in [0, 0.1) is 0 Å². The lowest BCUT2D eigenvalue weighted by Gasteiger charge is -2.55. The molecule has 11 nitrogen and oxygen atoms in total. The molecule has 3 aromatic rings. The number of rotatable bonds is 9. The maximum Gasteiger partial charge on any atom is 0.334 e. The van der Waals surface area contributed by atoms with Crippen LogP contribution in [-0.4, -0.2) is 93.5 Å². The Labute approximate surface area is 262 Å². The Hall–Kier alpha value is -5.16. The normalized spacial score (nSPS) is 20.0. The third kappa shape index (κ3) is 6.53. The van der Waals surface area contributed by atoms with Gasteiger partial charge in [-0.3, -0.25) is 14.6 Å². The second-order valence-corrected chi connectivity index (χ2v) is 11.4. The Bertz CT molecular complexity index is 1590. The van der Waals surface area contributed by atoms with Gasteiger partial charge in [0.1, 0.15) is 23.8 Å². The summed E-state index contributed by atoms with van der Waals surface area (Å²) in [6.45, 7) is 6.30. The predicted octanol–water partition coefficient (Wildman–Crippen LogP) is 2.48. The lowest BCUT2D eigenvalue weighted by Crippen LogP contribution is -2.76. The number of aliphatic imine (C=N–C) groups is 1. The summed E-state index contributed by atoms with van der Waals surface area (Å²) >= 11 is 0. The van der Waals surface area contributed by atoms with Crippen LogP contribution in [0.1, 0.15) is 22.3 Å². The highest BCUT2D eigenvalue weighted by atomic mass is 16.3. The predicted molar refractivity (Wildman–Crippen MR) is 170 cm³/mol. The lowest BCUT2D eigenvalue weighted by atomic mass is 9.98. The molecule has 3 N–H and O–H groups in total. The van der Waals surface area contributed by atoms with Crippen molar-refractivity contribution in [2.75, 3.05) is 32.7 Å². The van der Waals surface area contributed by atoms with Crippen LogP contribution >= 0.6 is 0 Å². The van der Waals surface area contributed by atoms with E-state index >= 15 is 0 Å². The molecular formula is C34H37N7O4. The first-order valence-electron chi connectivity index (χ1n) is 15.1. The zero-order chi connectivity index (χ0) is 31.3. The van der Waals surface area contributed by atoms with Gasteiger partial charge in [0.2, 0.25) is 11.8 Å². The Morgan fingerprint density at radius 3 is 2.53 bits per heavy atom. The molecule has 0 spiro atoms. The van der Waals surface area contributed by atoms with E-state index in [9.17, 15) is 19.5 Å². The fourth-order valence-electron chi connectivity index (χ4n) is 6.18. The number of hydrazine groups is 1. The molecule has 0 saturated carbocycles. The molecule has 45 heavy (non-hydrogen) atoms. The third-order valence-corrected chi connectivity index (χ3v) is 8.28. The minimum absolute atomic E-state index is 0.0716. The molecule has 0 radical (unpaired) electrons. The van der Waals surface area contributed by atoms with Crippen LogP contribution in [0.4, 0.5) is 4.79 Å². The molecule has 232 valence electrons. The summed E-state index contributed by atoms with van der Waals surface area (Å²) in [5, 5.41) is 19.4. The van der Waals surface area contributed by atoms with E-state index in [1.54, 1.807) is 50.2 Å². The monoisotopic (exact) mass is 607 g/mol. The molecule has 0 bridgehead atoms. The number of amidine groups is 1. The van der Waals surface area contributed by atoms with E-state index in [1.807, 2.05) is 54.6 Å². The molecule has 4 amide bonds. The van der Waals surface area contributed by atoms with Gasteiger partial charge in [-0.15, -0.1) is 6.58 Å². The average molecular weight is 608 g/mol. The first-order valence-corrected chi connectivity index (χ1v) is 15.1. The number of fused-ring (bicyclic) bond motifs is 1. The molecule has 2 atom stereocenters. The van der Waals surface area contributed by atoms with Crippen LogP contribution in [0.25, 0.3) is 0 Å². The summed E-state index contributed by atoms with van der Waals surface area (Å²) in [7, 11) is 0. The van der Waals surface area contributed by atoms with Gasteiger partial charge in [-0.25, -0.2) is 14.8 Å². The number of amides is 4. The van der Waals surface area contributed by atoms with E-state index in [-0.39, 0.29) is 49.7 Å². The first-order chi connectivity index (χ1) is 21.9. The van der Waals surface area contributed by atoms with Gasteiger partial charge >= 0.3 is 6.03 Å². The highest BCUT2D eigenvalue weighted by Crippen LogP contribution is 2.30. The molecule has 6 rings (SSSR count). The molecule has 0 aliphatic carbocycles. The number of phenols is 1. The molecule has 2 fully saturated rings. The number of piperazine rings is 1. The lowest BCUT2D eigenvalue weighted by molar-refractivity contribution is -0.189. The van der Waals surface area contributed by atoms with Gasteiger partial charge in [0, 0.05) is 38.2 Å². The highest BCUT2D eigenvalue weighted by molar-refractivity contribution is 6.00. The number of urea groups is 1. The largest absolute Gasteiger partial charge is 0.508 e. The third-order valence-electron chi connectivity index (χ3n) is 8.28. The van der Waals surface area contributed by atoms with E-state index in [1.165, 1.54) is 0 Å².